The third-order valence-corrected chi connectivity index (χ3v) is 5.62. The van der Waals surface area contributed by atoms with Crippen LogP contribution >= 0.6 is 0 Å². The number of ether oxygens (including phenoxy) is 2. The van der Waals surface area contributed by atoms with E-state index in [1.54, 1.807) is 0 Å². The lowest BCUT2D eigenvalue weighted by atomic mass is 10.0. The summed E-state index contributed by atoms with van der Waals surface area (Å²) >= 11 is 0. The Morgan fingerprint density at radius 3 is 1.33 bits per heavy atom. The molecule has 0 radical (unpaired) electrons. The van der Waals surface area contributed by atoms with Crippen LogP contribution in [0.2, 0.25) is 0 Å². The van der Waals surface area contributed by atoms with Crippen molar-refractivity contribution in [3.05, 3.63) is 12.2 Å². The van der Waals surface area contributed by atoms with Gasteiger partial charge < -0.3 is 14.0 Å². The number of nitrogens with zero attached hydrogens (tertiary/aromatic N) is 1. The van der Waals surface area contributed by atoms with Crippen molar-refractivity contribution in [1.82, 2.24) is 0 Å². The van der Waals surface area contributed by atoms with Crippen LogP contribution in [-0.2, 0) is 9.47 Å². The minimum Gasteiger partial charge on any atom is -0.377 e. The third kappa shape index (κ3) is 25.7. The van der Waals surface area contributed by atoms with Gasteiger partial charge in [-0.1, -0.05) is 97.0 Å². The summed E-state index contributed by atoms with van der Waals surface area (Å²) in [6.07, 6.45) is 21.9. The molecular weight excluding hydrogens is 370 g/mol. The quantitative estimate of drug-likeness (QED) is 0.0901. The molecule has 3 heteroatoms. The van der Waals surface area contributed by atoms with Gasteiger partial charge >= 0.3 is 0 Å². The standard InChI is InChI=1S/C27H56NO2/c1-6-7-8-9-10-11-12-13-14-15-16-17-18-20-23-29-25-27(2)26-30-24-21-19-22-28(3,4)5/h2,6-26H2,1,3-5H3/q+1. The van der Waals surface area contributed by atoms with Gasteiger partial charge in [0.25, 0.3) is 0 Å². The zero-order valence-corrected chi connectivity index (χ0v) is 21.3. The van der Waals surface area contributed by atoms with E-state index in [4.69, 9.17) is 9.47 Å². The monoisotopic (exact) mass is 426 g/mol. The summed E-state index contributed by atoms with van der Waals surface area (Å²) in [5, 5.41) is 0. The van der Waals surface area contributed by atoms with E-state index in [1.165, 1.54) is 103 Å². The first-order chi connectivity index (χ1) is 14.5. The minimum absolute atomic E-state index is 0.642. The van der Waals surface area contributed by atoms with Crippen LogP contribution in [0.5, 0.6) is 0 Å². The number of quaternary nitrogens is 1. The number of rotatable bonds is 24. The molecular formula is C27H56NO2+. The van der Waals surface area contributed by atoms with E-state index in [9.17, 15) is 0 Å². The molecule has 0 aromatic rings. The Hall–Kier alpha value is -0.380. The van der Waals surface area contributed by atoms with Crippen LogP contribution in [0, 0.1) is 0 Å². The second-order valence-corrected chi connectivity index (χ2v) is 10.2. The lowest BCUT2D eigenvalue weighted by molar-refractivity contribution is -0.870. The highest BCUT2D eigenvalue weighted by atomic mass is 16.5. The fourth-order valence-corrected chi connectivity index (χ4v) is 3.66. The zero-order chi connectivity index (χ0) is 22.3. The van der Waals surface area contributed by atoms with E-state index < -0.39 is 0 Å². The van der Waals surface area contributed by atoms with Gasteiger partial charge in [-0.25, -0.2) is 0 Å². The second kappa shape index (κ2) is 21.8. The highest BCUT2D eigenvalue weighted by Crippen LogP contribution is 2.13. The van der Waals surface area contributed by atoms with Gasteiger partial charge in [0.1, 0.15) is 0 Å². The van der Waals surface area contributed by atoms with Crippen LogP contribution in [-0.4, -0.2) is 58.6 Å². The molecule has 0 aliphatic heterocycles. The lowest BCUT2D eigenvalue weighted by Gasteiger charge is -2.23. The van der Waals surface area contributed by atoms with E-state index in [0.717, 1.165) is 29.7 Å². The molecule has 0 rings (SSSR count). The smallest absolute Gasteiger partial charge is 0.0781 e. The normalized spacial score (nSPS) is 11.9. The largest absolute Gasteiger partial charge is 0.377 e. The topological polar surface area (TPSA) is 18.5 Å². The predicted octanol–water partition coefficient (Wildman–Crippen LogP) is 7.54. The molecule has 0 aliphatic carbocycles. The van der Waals surface area contributed by atoms with Gasteiger partial charge in [-0.05, 0) is 24.8 Å². The van der Waals surface area contributed by atoms with E-state index in [1.807, 2.05) is 0 Å². The Kier molecular flexibility index (Phi) is 21.6. The van der Waals surface area contributed by atoms with Crippen LogP contribution < -0.4 is 0 Å². The van der Waals surface area contributed by atoms with Crippen molar-refractivity contribution >= 4 is 0 Å². The third-order valence-electron chi connectivity index (χ3n) is 5.62. The van der Waals surface area contributed by atoms with Crippen LogP contribution in [0.3, 0.4) is 0 Å². The van der Waals surface area contributed by atoms with E-state index in [-0.39, 0.29) is 0 Å². The molecule has 0 saturated heterocycles. The number of hydrogen-bond acceptors (Lipinski definition) is 2. The molecule has 0 atom stereocenters. The molecule has 0 aliphatic rings. The summed E-state index contributed by atoms with van der Waals surface area (Å²) in [5.41, 5.74) is 1.06. The number of unbranched alkanes of at least 4 members (excludes halogenated alkanes) is 14. The zero-order valence-electron chi connectivity index (χ0n) is 21.3. The van der Waals surface area contributed by atoms with Gasteiger partial charge in [-0.15, -0.1) is 0 Å². The van der Waals surface area contributed by atoms with Crippen molar-refractivity contribution < 1.29 is 14.0 Å². The Labute approximate surface area is 190 Å². The summed E-state index contributed by atoms with van der Waals surface area (Å²) in [4.78, 5) is 0. The van der Waals surface area contributed by atoms with Gasteiger partial charge in [-0.3, -0.25) is 0 Å². The molecule has 0 saturated carbocycles. The fourth-order valence-electron chi connectivity index (χ4n) is 3.66. The average molecular weight is 427 g/mol. The van der Waals surface area contributed by atoms with Crippen LogP contribution in [0.4, 0.5) is 0 Å². The molecule has 0 aromatic carbocycles. The number of hydrogen-bond donors (Lipinski definition) is 0. The van der Waals surface area contributed by atoms with Crippen molar-refractivity contribution in [2.24, 2.45) is 0 Å². The minimum atomic E-state index is 0.642. The first-order valence-electron chi connectivity index (χ1n) is 13.1. The second-order valence-electron chi connectivity index (χ2n) is 10.2. The predicted molar refractivity (Wildman–Crippen MR) is 133 cm³/mol. The highest BCUT2D eigenvalue weighted by molar-refractivity contribution is 4.94. The maximum atomic E-state index is 5.74. The van der Waals surface area contributed by atoms with Crippen molar-refractivity contribution in [3.8, 4) is 0 Å². The van der Waals surface area contributed by atoms with E-state index >= 15 is 0 Å². The van der Waals surface area contributed by atoms with Gasteiger partial charge in [0.2, 0.25) is 0 Å². The molecule has 0 amide bonds. The summed E-state index contributed by atoms with van der Waals surface area (Å²) in [6.45, 7) is 10.5. The highest BCUT2D eigenvalue weighted by Gasteiger charge is 2.05. The van der Waals surface area contributed by atoms with Crippen LogP contribution in [0.25, 0.3) is 0 Å². The first kappa shape index (κ1) is 29.6. The van der Waals surface area contributed by atoms with Gasteiger partial charge in [0.05, 0.1) is 40.9 Å². The summed E-state index contributed by atoms with van der Waals surface area (Å²) in [6, 6.07) is 0. The van der Waals surface area contributed by atoms with Crippen molar-refractivity contribution in [2.75, 3.05) is 54.1 Å². The van der Waals surface area contributed by atoms with E-state index in [0.29, 0.717) is 13.2 Å². The molecule has 0 N–H and O–H groups in total. The summed E-state index contributed by atoms with van der Waals surface area (Å²) in [7, 11) is 6.70. The molecule has 0 aromatic heterocycles. The molecule has 0 bridgehead atoms. The maximum absolute atomic E-state index is 5.74. The fraction of sp³-hybridized carbons (Fsp3) is 0.926. The van der Waals surface area contributed by atoms with Gasteiger partial charge in [0.15, 0.2) is 0 Å². The van der Waals surface area contributed by atoms with Crippen molar-refractivity contribution in [1.29, 1.82) is 0 Å². The lowest BCUT2D eigenvalue weighted by Crippen LogP contribution is -2.35. The van der Waals surface area contributed by atoms with Crippen LogP contribution in [0.15, 0.2) is 12.2 Å². The molecule has 0 unspecified atom stereocenters. The van der Waals surface area contributed by atoms with Gasteiger partial charge in [-0.2, -0.15) is 0 Å². The maximum Gasteiger partial charge on any atom is 0.0781 e. The Balaban J connectivity index is 3.17. The molecule has 3 nitrogen and oxygen atoms in total. The van der Waals surface area contributed by atoms with Crippen molar-refractivity contribution in [2.45, 2.75) is 110 Å². The Morgan fingerprint density at radius 1 is 0.567 bits per heavy atom. The molecule has 0 fully saturated rings. The Bertz CT molecular complexity index is 362. The van der Waals surface area contributed by atoms with Gasteiger partial charge in [0, 0.05) is 13.2 Å². The summed E-state index contributed by atoms with van der Waals surface area (Å²) in [5.74, 6) is 0. The SMILES string of the molecule is C=C(COCCCCCCCCCCCCCCCC)COCCCC[N+](C)(C)C. The molecule has 30 heavy (non-hydrogen) atoms. The summed E-state index contributed by atoms with van der Waals surface area (Å²) < 4.78 is 12.5. The Morgan fingerprint density at radius 2 is 0.933 bits per heavy atom. The van der Waals surface area contributed by atoms with Crippen LogP contribution in [0.1, 0.15) is 110 Å². The molecule has 0 heterocycles. The molecule has 0 spiro atoms. The van der Waals surface area contributed by atoms with Crippen molar-refractivity contribution in [3.63, 3.8) is 0 Å². The molecule has 180 valence electrons. The van der Waals surface area contributed by atoms with E-state index in [2.05, 4.69) is 34.6 Å². The first-order valence-corrected chi connectivity index (χ1v) is 13.1. The average Bonchev–Trinajstić information content (AvgIpc) is 2.69.